The quantitative estimate of drug-likeness (QED) is 0.417. The first-order valence-electron chi connectivity index (χ1n) is 9.71. The molecule has 0 bridgehead atoms. The molecule has 2 aromatic rings. The van der Waals surface area contributed by atoms with Crippen molar-refractivity contribution in [3.8, 4) is 11.5 Å². The molecule has 1 fully saturated rings. The van der Waals surface area contributed by atoms with Gasteiger partial charge in [-0.1, -0.05) is 25.8 Å². The van der Waals surface area contributed by atoms with Crippen LogP contribution >= 0.6 is 0 Å². The number of ether oxygens (including phenoxy) is 1. The van der Waals surface area contributed by atoms with Crippen molar-refractivity contribution in [3.63, 3.8) is 0 Å². The zero-order chi connectivity index (χ0) is 19.2. The molecule has 0 spiro atoms. The van der Waals surface area contributed by atoms with Gasteiger partial charge in [0.2, 0.25) is 0 Å². The van der Waals surface area contributed by atoms with E-state index in [0.29, 0.717) is 17.0 Å². The Balaban J connectivity index is 1.70. The van der Waals surface area contributed by atoms with Crippen molar-refractivity contribution in [1.82, 2.24) is 0 Å². The highest BCUT2D eigenvalue weighted by Crippen LogP contribution is 2.38. The van der Waals surface area contributed by atoms with Crippen LogP contribution in [0.15, 0.2) is 42.5 Å². The minimum Gasteiger partial charge on any atom is -0.508 e. The van der Waals surface area contributed by atoms with Crippen LogP contribution in [0.25, 0.3) is 0 Å². The Morgan fingerprint density at radius 2 is 1.81 bits per heavy atom. The first-order chi connectivity index (χ1) is 13.1. The van der Waals surface area contributed by atoms with Crippen LogP contribution in [0.5, 0.6) is 11.5 Å². The molecule has 4 heteroatoms. The highest BCUT2D eigenvalue weighted by Gasteiger charge is 2.23. The highest BCUT2D eigenvalue weighted by molar-refractivity contribution is 5.92. The van der Waals surface area contributed by atoms with Gasteiger partial charge in [-0.3, -0.25) is 4.79 Å². The van der Waals surface area contributed by atoms with Crippen LogP contribution in [0.3, 0.4) is 0 Å². The molecule has 27 heavy (non-hydrogen) atoms. The van der Waals surface area contributed by atoms with Gasteiger partial charge in [0.05, 0.1) is 11.1 Å². The van der Waals surface area contributed by atoms with Crippen LogP contribution in [-0.2, 0) is 0 Å². The van der Waals surface area contributed by atoms with Crippen molar-refractivity contribution in [3.05, 3.63) is 59.2 Å². The van der Waals surface area contributed by atoms with Crippen molar-refractivity contribution < 1.29 is 19.4 Å². The third-order valence-corrected chi connectivity index (χ3v) is 5.48. The van der Waals surface area contributed by atoms with E-state index in [2.05, 4.69) is 6.92 Å². The summed E-state index contributed by atoms with van der Waals surface area (Å²) in [5.41, 5.74) is 1.87. The number of hydrogen-bond donors (Lipinski definition) is 1. The molecule has 1 N–H and O–H groups in total. The minimum absolute atomic E-state index is 0.0816. The zero-order valence-corrected chi connectivity index (χ0v) is 15.7. The second-order valence-corrected chi connectivity index (χ2v) is 7.36. The maximum Gasteiger partial charge on any atom is 0.343 e. The molecule has 0 atom stereocenters. The second kappa shape index (κ2) is 8.85. The number of aldehydes is 1. The molecule has 0 aliphatic heterocycles. The monoisotopic (exact) mass is 366 g/mol. The summed E-state index contributed by atoms with van der Waals surface area (Å²) in [6.07, 6.45) is 8.07. The molecule has 0 unspecified atom stereocenters. The summed E-state index contributed by atoms with van der Waals surface area (Å²) in [6, 6.07) is 11.4. The summed E-state index contributed by atoms with van der Waals surface area (Å²) in [4.78, 5) is 23.8. The lowest BCUT2D eigenvalue weighted by Crippen LogP contribution is -2.14. The average molecular weight is 366 g/mol. The maximum atomic E-state index is 12.3. The fourth-order valence-electron chi connectivity index (χ4n) is 3.95. The third-order valence-electron chi connectivity index (χ3n) is 5.48. The van der Waals surface area contributed by atoms with Crippen molar-refractivity contribution in [2.24, 2.45) is 5.92 Å². The molecular formula is C23H26O4. The summed E-state index contributed by atoms with van der Waals surface area (Å²) < 4.78 is 5.40. The van der Waals surface area contributed by atoms with Gasteiger partial charge in [-0.15, -0.1) is 0 Å². The van der Waals surface area contributed by atoms with Gasteiger partial charge in [0.15, 0.2) is 6.29 Å². The number of esters is 1. The molecule has 4 nitrogen and oxygen atoms in total. The Kier molecular flexibility index (Phi) is 6.28. The van der Waals surface area contributed by atoms with Gasteiger partial charge in [-0.05, 0) is 79.5 Å². The van der Waals surface area contributed by atoms with Gasteiger partial charge < -0.3 is 9.84 Å². The Hall–Kier alpha value is -2.62. The van der Waals surface area contributed by atoms with E-state index in [4.69, 9.17) is 4.74 Å². The number of benzene rings is 2. The minimum atomic E-state index is -0.550. The van der Waals surface area contributed by atoms with E-state index in [1.165, 1.54) is 49.9 Å². The molecule has 142 valence electrons. The van der Waals surface area contributed by atoms with E-state index in [-0.39, 0.29) is 11.5 Å². The topological polar surface area (TPSA) is 63.6 Å². The first kappa shape index (κ1) is 19.2. The Morgan fingerprint density at radius 1 is 1.11 bits per heavy atom. The molecule has 0 saturated heterocycles. The number of carbonyl (C=O) groups excluding carboxylic acids is 2. The standard InChI is InChI=1S/C23H26O4/c1-2-3-16-4-6-17(7-5-16)19-10-13-22(20(14-19)15-24)27-23(26)18-8-11-21(25)12-9-18/h8-17,25H,2-7H2,1H3. The zero-order valence-electron chi connectivity index (χ0n) is 15.7. The first-order valence-corrected chi connectivity index (χ1v) is 9.71. The summed E-state index contributed by atoms with van der Waals surface area (Å²) in [6.45, 7) is 2.24. The van der Waals surface area contributed by atoms with E-state index < -0.39 is 5.97 Å². The molecule has 0 radical (unpaired) electrons. The van der Waals surface area contributed by atoms with E-state index >= 15 is 0 Å². The number of phenolic OH excluding ortho intramolecular Hbond substituents is 1. The SMILES string of the molecule is CCCC1CCC(c2ccc(OC(=O)c3ccc(O)cc3)c(C=O)c2)CC1. The average Bonchev–Trinajstić information content (AvgIpc) is 2.69. The van der Waals surface area contributed by atoms with Crippen molar-refractivity contribution in [2.45, 2.75) is 51.4 Å². The largest absolute Gasteiger partial charge is 0.508 e. The van der Waals surface area contributed by atoms with Crippen LogP contribution in [-0.4, -0.2) is 17.4 Å². The number of aromatic hydroxyl groups is 1. The lowest BCUT2D eigenvalue weighted by molar-refractivity contribution is 0.0733. The van der Waals surface area contributed by atoms with Gasteiger partial charge in [-0.2, -0.15) is 0 Å². The summed E-state index contributed by atoms with van der Waals surface area (Å²) >= 11 is 0. The fraction of sp³-hybridized carbons (Fsp3) is 0.391. The van der Waals surface area contributed by atoms with Gasteiger partial charge in [0, 0.05) is 0 Å². The molecule has 0 heterocycles. The Bertz CT molecular complexity index is 787. The molecule has 1 aliphatic carbocycles. The summed E-state index contributed by atoms with van der Waals surface area (Å²) in [5.74, 6) is 1.11. The fourth-order valence-corrected chi connectivity index (χ4v) is 3.95. The second-order valence-electron chi connectivity index (χ2n) is 7.36. The van der Waals surface area contributed by atoms with Gasteiger partial charge in [-0.25, -0.2) is 4.79 Å². The lowest BCUT2D eigenvalue weighted by Gasteiger charge is -2.28. The number of hydrogen-bond acceptors (Lipinski definition) is 4. The molecule has 1 saturated carbocycles. The molecule has 0 amide bonds. The van der Waals surface area contributed by atoms with Crippen LogP contribution in [0.4, 0.5) is 0 Å². The molecule has 3 rings (SSSR count). The number of rotatable bonds is 6. The maximum absolute atomic E-state index is 12.3. The predicted octanol–water partition coefficient (Wildman–Crippen LogP) is 5.50. The van der Waals surface area contributed by atoms with Crippen molar-refractivity contribution in [1.29, 1.82) is 0 Å². The van der Waals surface area contributed by atoms with Gasteiger partial charge >= 0.3 is 5.97 Å². The molecule has 0 aromatic heterocycles. The van der Waals surface area contributed by atoms with Gasteiger partial charge in [0.1, 0.15) is 11.5 Å². The molecular weight excluding hydrogens is 340 g/mol. The van der Waals surface area contributed by atoms with Crippen LogP contribution in [0, 0.1) is 5.92 Å². The normalized spacial score (nSPS) is 19.4. The van der Waals surface area contributed by atoms with Crippen LogP contribution in [0.1, 0.15) is 77.6 Å². The number of phenols is 1. The molecule has 1 aliphatic rings. The van der Waals surface area contributed by atoms with Gasteiger partial charge in [0.25, 0.3) is 0 Å². The lowest BCUT2D eigenvalue weighted by atomic mass is 9.77. The Labute approximate surface area is 160 Å². The smallest absolute Gasteiger partial charge is 0.343 e. The van der Waals surface area contributed by atoms with E-state index in [1.54, 1.807) is 6.07 Å². The highest BCUT2D eigenvalue weighted by atomic mass is 16.5. The van der Waals surface area contributed by atoms with Crippen molar-refractivity contribution in [2.75, 3.05) is 0 Å². The summed E-state index contributed by atoms with van der Waals surface area (Å²) in [5, 5.41) is 9.31. The third kappa shape index (κ3) is 4.76. The predicted molar refractivity (Wildman–Crippen MR) is 105 cm³/mol. The molecule has 2 aromatic carbocycles. The van der Waals surface area contributed by atoms with E-state index in [9.17, 15) is 14.7 Å². The Morgan fingerprint density at radius 3 is 2.44 bits per heavy atom. The summed E-state index contributed by atoms with van der Waals surface area (Å²) in [7, 11) is 0. The van der Waals surface area contributed by atoms with E-state index in [1.807, 2.05) is 12.1 Å². The van der Waals surface area contributed by atoms with E-state index in [0.717, 1.165) is 30.6 Å². The number of carbonyl (C=O) groups is 2. The van der Waals surface area contributed by atoms with Crippen molar-refractivity contribution >= 4 is 12.3 Å². The van der Waals surface area contributed by atoms with Crippen LogP contribution < -0.4 is 4.74 Å². The van der Waals surface area contributed by atoms with Crippen LogP contribution in [0.2, 0.25) is 0 Å².